The van der Waals surface area contributed by atoms with Gasteiger partial charge in [-0.15, -0.1) is 0 Å². The van der Waals surface area contributed by atoms with Crippen LogP contribution in [0.15, 0.2) is 48.7 Å². The lowest BCUT2D eigenvalue weighted by Crippen LogP contribution is -2.50. The summed E-state index contributed by atoms with van der Waals surface area (Å²) in [6.45, 7) is 2.11. The number of carbonyl (C=O) groups is 2. The molecule has 186 valence electrons. The van der Waals surface area contributed by atoms with Gasteiger partial charge in [-0.25, -0.2) is 13.8 Å². The topological polar surface area (TPSA) is 100 Å². The first-order chi connectivity index (χ1) is 16.4. The third kappa shape index (κ3) is 6.73. The van der Waals surface area contributed by atoms with E-state index in [0.29, 0.717) is 11.4 Å². The van der Waals surface area contributed by atoms with Crippen LogP contribution in [0.5, 0.6) is 0 Å². The van der Waals surface area contributed by atoms with Gasteiger partial charge in [0.2, 0.25) is 11.8 Å². The number of nitrogens with zero attached hydrogens (tertiary/aromatic N) is 2. The number of nitrogens with one attached hydrogen (secondary N) is 2. The Bertz CT molecular complexity index is 1200. The molecule has 3 aromatic rings. The van der Waals surface area contributed by atoms with Gasteiger partial charge in [-0.2, -0.15) is 0 Å². The van der Waals surface area contributed by atoms with Gasteiger partial charge in [-0.1, -0.05) is 25.6 Å². The van der Waals surface area contributed by atoms with Crippen molar-refractivity contribution in [1.29, 1.82) is 0 Å². The summed E-state index contributed by atoms with van der Waals surface area (Å²) in [6, 6.07) is 9.97. The van der Waals surface area contributed by atoms with E-state index in [1.54, 1.807) is 6.20 Å². The molecule has 0 bridgehead atoms. The van der Waals surface area contributed by atoms with Crippen LogP contribution in [0.4, 0.5) is 14.6 Å². The molecule has 9 heteroatoms. The molecule has 2 heterocycles. The Labute approximate surface area is 203 Å². The lowest BCUT2D eigenvalue weighted by atomic mass is 10.0. The number of amides is 2. The SMILES string of the molecule is C.Nc1nccc2cc(CNC(=O)[C@H](Cc3ccc(F)c(F)c3)NC(=O)CN3CCCC3)ccc12. The molecule has 4 rings (SSSR count). The van der Waals surface area contributed by atoms with E-state index >= 15 is 0 Å². The first kappa shape index (κ1) is 26.0. The van der Waals surface area contributed by atoms with Crippen molar-refractivity contribution in [3.8, 4) is 0 Å². The van der Waals surface area contributed by atoms with Crippen LogP contribution in [0.25, 0.3) is 10.8 Å². The average Bonchev–Trinajstić information content (AvgIpc) is 3.32. The number of fused-ring (bicyclic) bond motifs is 1. The molecule has 1 aliphatic heterocycles. The molecule has 0 aliphatic carbocycles. The predicted octanol–water partition coefficient (Wildman–Crippen LogP) is 3.17. The average molecular weight is 484 g/mol. The quantitative estimate of drug-likeness (QED) is 0.457. The number of pyridine rings is 1. The zero-order valence-electron chi connectivity index (χ0n) is 18.7. The number of benzene rings is 2. The standard InChI is InChI=1S/C25H27F2N5O2.CH4/c26-20-6-4-16(12-21(20)27)13-22(31-23(33)15-32-9-1-2-10-32)25(34)30-14-17-3-5-19-18(11-17)7-8-29-24(19)28;/h3-8,11-12,22H,1-2,9-10,13-15H2,(H2,28,29)(H,30,34)(H,31,33);1H4/t22-;/m0./s1. The van der Waals surface area contributed by atoms with E-state index in [1.165, 1.54) is 6.07 Å². The maximum Gasteiger partial charge on any atom is 0.243 e. The highest BCUT2D eigenvalue weighted by Crippen LogP contribution is 2.20. The van der Waals surface area contributed by atoms with Gasteiger partial charge in [0.15, 0.2) is 11.6 Å². The molecule has 2 aromatic carbocycles. The van der Waals surface area contributed by atoms with Crippen LogP contribution >= 0.6 is 0 Å². The minimum atomic E-state index is -0.995. The minimum absolute atomic E-state index is 0. The summed E-state index contributed by atoms with van der Waals surface area (Å²) < 4.78 is 27.0. The maximum atomic E-state index is 13.7. The lowest BCUT2D eigenvalue weighted by Gasteiger charge is -2.21. The van der Waals surface area contributed by atoms with Gasteiger partial charge in [-0.3, -0.25) is 14.5 Å². The zero-order chi connectivity index (χ0) is 24.1. The smallest absolute Gasteiger partial charge is 0.243 e. The van der Waals surface area contributed by atoms with Crippen molar-refractivity contribution < 1.29 is 18.4 Å². The molecule has 7 nitrogen and oxygen atoms in total. The fourth-order valence-corrected chi connectivity index (χ4v) is 4.17. The van der Waals surface area contributed by atoms with Crippen molar-refractivity contribution in [2.45, 2.75) is 39.3 Å². The highest BCUT2D eigenvalue weighted by atomic mass is 19.2. The number of likely N-dealkylation sites (tertiary alicyclic amines) is 1. The number of rotatable bonds is 8. The third-order valence-electron chi connectivity index (χ3n) is 5.97. The minimum Gasteiger partial charge on any atom is -0.383 e. The van der Waals surface area contributed by atoms with Crippen LogP contribution < -0.4 is 16.4 Å². The summed E-state index contributed by atoms with van der Waals surface area (Å²) in [5.41, 5.74) is 7.15. The molecular formula is C26H31F2N5O2. The maximum absolute atomic E-state index is 13.7. The second-order valence-electron chi connectivity index (χ2n) is 8.53. The van der Waals surface area contributed by atoms with Gasteiger partial charge in [0.25, 0.3) is 0 Å². The number of nitrogen functional groups attached to an aromatic ring is 1. The second-order valence-corrected chi connectivity index (χ2v) is 8.53. The predicted molar refractivity (Wildman–Crippen MR) is 132 cm³/mol. The third-order valence-corrected chi connectivity index (χ3v) is 5.97. The van der Waals surface area contributed by atoms with E-state index in [2.05, 4.69) is 15.6 Å². The Morgan fingerprint density at radius 2 is 1.77 bits per heavy atom. The van der Waals surface area contributed by atoms with Gasteiger partial charge >= 0.3 is 0 Å². The van der Waals surface area contributed by atoms with Crippen molar-refractivity contribution in [1.82, 2.24) is 20.5 Å². The van der Waals surface area contributed by atoms with Crippen molar-refractivity contribution in [2.75, 3.05) is 25.4 Å². The number of nitrogens with two attached hydrogens (primary N) is 1. The number of hydrogen-bond acceptors (Lipinski definition) is 5. The molecule has 0 radical (unpaired) electrons. The molecular weight excluding hydrogens is 452 g/mol. The van der Waals surface area contributed by atoms with Gasteiger partial charge in [0, 0.05) is 24.5 Å². The molecule has 1 saturated heterocycles. The summed E-state index contributed by atoms with van der Waals surface area (Å²) in [4.78, 5) is 31.7. The van der Waals surface area contributed by atoms with Crippen LogP contribution in [0.1, 0.15) is 31.4 Å². The van der Waals surface area contributed by atoms with E-state index in [4.69, 9.17) is 5.73 Å². The van der Waals surface area contributed by atoms with Crippen molar-refractivity contribution in [3.63, 3.8) is 0 Å². The molecule has 0 saturated carbocycles. The highest BCUT2D eigenvalue weighted by Gasteiger charge is 2.23. The van der Waals surface area contributed by atoms with Gasteiger partial charge in [0.1, 0.15) is 11.9 Å². The highest BCUT2D eigenvalue weighted by molar-refractivity contribution is 5.91. The fraction of sp³-hybridized carbons (Fsp3) is 0.346. The Morgan fingerprint density at radius 3 is 2.51 bits per heavy atom. The summed E-state index contributed by atoms with van der Waals surface area (Å²) in [5.74, 6) is -2.22. The lowest BCUT2D eigenvalue weighted by molar-refractivity contribution is -0.129. The summed E-state index contributed by atoms with van der Waals surface area (Å²) in [7, 11) is 0. The van der Waals surface area contributed by atoms with Gasteiger partial charge < -0.3 is 16.4 Å². The van der Waals surface area contributed by atoms with E-state index in [1.807, 2.05) is 29.2 Å². The number of carbonyl (C=O) groups excluding carboxylic acids is 2. The Balaban J connectivity index is 0.00000342. The summed E-state index contributed by atoms with van der Waals surface area (Å²) >= 11 is 0. The van der Waals surface area contributed by atoms with E-state index in [-0.39, 0.29) is 32.8 Å². The molecule has 1 aliphatic rings. The molecule has 0 unspecified atom stereocenters. The Kier molecular flexibility index (Phi) is 8.70. The Morgan fingerprint density at radius 1 is 1.03 bits per heavy atom. The van der Waals surface area contributed by atoms with E-state index in [0.717, 1.165) is 54.4 Å². The molecule has 1 fully saturated rings. The van der Waals surface area contributed by atoms with Crippen molar-refractivity contribution >= 4 is 28.4 Å². The second kappa shape index (κ2) is 11.7. The molecule has 1 atom stereocenters. The van der Waals surface area contributed by atoms with E-state index < -0.39 is 23.6 Å². The fourth-order valence-electron chi connectivity index (χ4n) is 4.17. The van der Waals surface area contributed by atoms with Crippen LogP contribution in [0.3, 0.4) is 0 Å². The molecule has 1 aromatic heterocycles. The monoisotopic (exact) mass is 483 g/mol. The number of hydrogen-bond donors (Lipinski definition) is 3. The van der Waals surface area contributed by atoms with Crippen LogP contribution in [-0.4, -0.2) is 47.4 Å². The van der Waals surface area contributed by atoms with Gasteiger partial charge in [0.05, 0.1) is 6.54 Å². The zero-order valence-corrected chi connectivity index (χ0v) is 18.7. The molecule has 4 N–H and O–H groups in total. The number of aromatic nitrogens is 1. The van der Waals surface area contributed by atoms with Crippen LogP contribution in [0, 0.1) is 11.6 Å². The largest absolute Gasteiger partial charge is 0.383 e. The van der Waals surface area contributed by atoms with Crippen molar-refractivity contribution in [2.24, 2.45) is 0 Å². The van der Waals surface area contributed by atoms with Crippen LogP contribution in [0.2, 0.25) is 0 Å². The van der Waals surface area contributed by atoms with E-state index in [9.17, 15) is 18.4 Å². The first-order valence-electron chi connectivity index (χ1n) is 11.3. The summed E-state index contributed by atoms with van der Waals surface area (Å²) in [6.07, 6.45) is 3.74. The van der Waals surface area contributed by atoms with Crippen molar-refractivity contribution in [3.05, 3.63) is 71.4 Å². The molecule has 35 heavy (non-hydrogen) atoms. The Hall–Kier alpha value is -3.59. The molecule has 0 spiro atoms. The van der Waals surface area contributed by atoms with Gasteiger partial charge in [-0.05, 0) is 66.7 Å². The normalized spacial score (nSPS) is 14.3. The number of halogens is 2. The molecule has 2 amide bonds. The summed E-state index contributed by atoms with van der Waals surface area (Å²) in [5, 5.41) is 7.33. The van der Waals surface area contributed by atoms with Crippen LogP contribution in [-0.2, 0) is 22.6 Å². The first-order valence-corrected chi connectivity index (χ1v) is 11.3. The number of anilines is 1.